The number of carbonyl (C=O) groups is 1. The average Bonchev–Trinajstić information content (AvgIpc) is 2.47. The highest BCUT2D eigenvalue weighted by Gasteiger charge is 2.15. The molecule has 0 saturated carbocycles. The third-order valence-corrected chi connectivity index (χ3v) is 3.13. The van der Waals surface area contributed by atoms with Crippen LogP contribution < -0.4 is 10.6 Å². The van der Waals surface area contributed by atoms with Crippen LogP contribution in [0.3, 0.4) is 0 Å². The Labute approximate surface area is 116 Å². The molecule has 1 saturated heterocycles. The lowest BCUT2D eigenvalue weighted by Crippen LogP contribution is -2.41. The number of halogens is 1. The Morgan fingerprint density at radius 2 is 2.20 bits per heavy atom. The molecule has 0 atom stereocenters. The van der Waals surface area contributed by atoms with E-state index >= 15 is 0 Å². The van der Waals surface area contributed by atoms with Crippen LogP contribution in [0, 0.1) is 17.1 Å². The van der Waals surface area contributed by atoms with Gasteiger partial charge in [-0.25, -0.2) is 4.39 Å². The molecular formula is C14H16FN3O2. The SMILES string of the molecule is N#Cc1cc(NCC(=O)NC2CCOCC2)ccc1F. The van der Waals surface area contributed by atoms with Crippen LogP contribution in [0.2, 0.25) is 0 Å². The van der Waals surface area contributed by atoms with Gasteiger partial charge >= 0.3 is 0 Å². The van der Waals surface area contributed by atoms with Crippen LogP contribution in [0.5, 0.6) is 0 Å². The van der Waals surface area contributed by atoms with Crippen LogP contribution in [-0.2, 0) is 9.53 Å². The summed E-state index contributed by atoms with van der Waals surface area (Å²) in [6.07, 6.45) is 1.64. The van der Waals surface area contributed by atoms with Crippen molar-refractivity contribution in [3.05, 3.63) is 29.6 Å². The molecule has 0 unspecified atom stereocenters. The van der Waals surface area contributed by atoms with E-state index in [-0.39, 0.29) is 24.1 Å². The highest BCUT2D eigenvalue weighted by Crippen LogP contribution is 2.13. The maximum absolute atomic E-state index is 13.1. The summed E-state index contributed by atoms with van der Waals surface area (Å²) in [4.78, 5) is 11.8. The Kier molecular flexibility index (Phi) is 4.91. The monoisotopic (exact) mass is 277 g/mol. The minimum Gasteiger partial charge on any atom is -0.381 e. The van der Waals surface area contributed by atoms with Crippen molar-refractivity contribution in [1.82, 2.24) is 5.32 Å². The molecule has 1 fully saturated rings. The number of benzene rings is 1. The maximum atomic E-state index is 13.1. The van der Waals surface area contributed by atoms with E-state index in [0.717, 1.165) is 12.8 Å². The Morgan fingerprint density at radius 1 is 1.45 bits per heavy atom. The molecule has 2 rings (SSSR count). The van der Waals surface area contributed by atoms with Gasteiger partial charge in [0.1, 0.15) is 11.9 Å². The molecule has 1 aliphatic heterocycles. The first-order chi connectivity index (χ1) is 9.69. The Hall–Kier alpha value is -2.13. The molecule has 0 bridgehead atoms. The van der Waals surface area contributed by atoms with Gasteiger partial charge in [0, 0.05) is 24.9 Å². The largest absolute Gasteiger partial charge is 0.381 e. The molecule has 0 aliphatic carbocycles. The fourth-order valence-corrected chi connectivity index (χ4v) is 2.02. The number of nitrogens with one attached hydrogen (secondary N) is 2. The van der Waals surface area contributed by atoms with E-state index in [1.54, 1.807) is 6.07 Å². The zero-order chi connectivity index (χ0) is 14.4. The van der Waals surface area contributed by atoms with E-state index in [0.29, 0.717) is 18.9 Å². The van der Waals surface area contributed by atoms with Gasteiger partial charge in [0.25, 0.3) is 0 Å². The second-order valence-corrected chi connectivity index (χ2v) is 4.61. The smallest absolute Gasteiger partial charge is 0.239 e. The lowest BCUT2D eigenvalue weighted by Gasteiger charge is -2.23. The summed E-state index contributed by atoms with van der Waals surface area (Å²) in [5, 5.41) is 14.5. The number of anilines is 1. The number of hydrogen-bond donors (Lipinski definition) is 2. The van der Waals surface area contributed by atoms with Gasteiger partial charge in [-0.1, -0.05) is 0 Å². The van der Waals surface area contributed by atoms with Crippen LogP contribution in [0.1, 0.15) is 18.4 Å². The van der Waals surface area contributed by atoms with Gasteiger partial charge in [0.15, 0.2) is 0 Å². The van der Waals surface area contributed by atoms with Gasteiger partial charge in [0.2, 0.25) is 5.91 Å². The standard InChI is InChI=1S/C14H16FN3O2/c15-13-2-1-12(7-10(13)8-16)17-9-14(19)18-11-3-5-20-6-4-11/h1-2,7,11,17H,3-6,9H2,(H,18,19). The minimum atomic E-state index is -0.565. The summed E-state index contributed by atoms with van der Waals surface area (Å²) in [5.74, 6) is -0.690. The molecule has 20 heavy (non-hydrogen) atoms. The third kappa shape index (κ3) is 3.93. The van der Waals surface area contributed by atoms with Gasteiger partial charge in [-0.15, -0.1) is 0 Å². The van der Waals surface area contributed by atoms with Crippen molar-refractivity contribution in [1.29, 1.82) is 5.26 Å². The van der Waals surface area contributed by atoms with Gasteiger partial charge in [-0.2, -0.15) is 5.26 Å². The molecule has 1 amide bonds. The lowest BCUT2D eigenvalue weighted by molar-refractivity contribution is -0.120. The molecular weight excluding hydrogens is 261 g/mol. The molecule has 0 radical (unpaired) electrons. The first-order valence-electron chi connectivity index (χ1n) is 6.49. The molecule has 1 heterocycles. The molecule has 5 nitrogen and oxygen atoms in total. The van der Waals surface area contributed by atoms with Crippen molar-refractivity contribution in [2.24, 2.45) is 0 Å². The fraction of sp³-hybridized carbons (Fsp3) is 0.429. The second kappa shape index (κ2) is 6.87. The Morgan fingerprint density at radius 3 is 2.90 bits per heavy atom. The molecule has 2 N–H and O–H groups in total. The van der Waals surface area contributed by atoms with Crippen molar-refractivity contribution in [2.45, 2.75) is 18.9 Å². The summed E-state index contributed by atoms with van der Waals surface area (Å²) in [5.41, 5.74) is 0.505. The fourth-order valence-electron chi connectivity index (χ4n) is 2.02. The zero-order valence-electron chi connectivity index (χ0n) is 11.0. The molecule has 0 aromatic heterocycles. The summed E-state index contributed by atoms with van der Waals surface area (Å²) in [7, 11) is 0. The Bertz CT molecular complexity index is 522. The number of ether oxygens (including phenoxy) is 1. The molecule has 6 heteroatoms. The number of amides is 1. The minimum absolute atomic E-state index is 0.0418. The molecule has 0 spiro atoms. The molecule has 106 valence electrons. The van der Waals surface area contributed by atoms with Crippen molar-refractivity contribution in [3.63, 3.8) is 0 Å². The van der Waals surface area contributed by atoms with Gasteiger partial charge < -0.3 is 15.4 Å². The summed E-state index contributed by atoms with van der Waals surface area (Å²) in [6.45, 7) is 1.43. The Balaban J connectivity index is 1.82. The third-order valence-electron chi connectivity index (χ3n) is 3.13. The first kappa shape index (κ1) is 14.3. The van der Waals surface area contributed by atoms with Gasteiger partial charge in [-0.3, -0.25) is 4.79 Å². The van der Waals surface area contributed by atoms with Crippen molar-refractivity contribution >= 4 is 11.6 Å². The first-order valence-corrected chi connectivity index (χ1v) is 6.49. The van der Waals surface area contributed by atoms with E-state index in [1.807, 2.05) is 0 Å². The van der Waals surface area contributed by atoms with Crippen molar-refractivity contribution in [2.75, 3.05) is 25.1 Å². The number of rotatable bonds is 4. The normalized spacial score (nSPS) is 15.4. The molecule has 1 aromatic carbocycles. The van der Waals surface area contributed by atoms with Crippen molar-refractivity contribution in [3.8, 4) is 6.07 Å². The van der Waals surface area contributed by atoms with Crippen LogP contribution in [0.4, 0.5) is 10.1 Å². The van der Waals surface area contributed by atoms with Crippen LogP contribution in [0.25, 0.3) is 0 Å². The van der Waals surface area contributed by atoms with Gasteiger partial charge in [0.05, 0.1) is 12.1 Å². The summed E-state index contributed by atoms with van der Waals surface area (Å²) < 4.78 is 18.4. The van der Waals surface area contributed by atoms with Crippen molar-refractivity contribution < 1.29 is 13.9 Å². The molecule has 1 aromatic rings. The second-order valence-electron chi connectivity index (χ2n) is 4.61. The highest BCUT2D eigenvalue weighted by atomic mass is 19.1. The van der Waals surface area contributed by atoms with Gasteiger partial charge in [-0.05, 0) is 31.0 Å². The predicted molar refractivity (Wildman–Crippen MR) is 71.6 cm³/mol. The number of nitriles is 1. The van der Waals surface area contributed by atoms with E-state index in [2.05, 4.69) is 10.6 Å². The van der Waals surface area contributed by atoms with Crippen LogP contribution in [-0.4, -0.2) is 31.7 Å². The quantitative estimate of drug-likeness (QED) is 0.872. The zero-order valence-corrected chi connectivity index (χ0v) is 11.0. The number of carbonyl (C=O) groups excluding carboxylic acids is 1. The number of hydrogen-bond acceptors (Lipinski definition) is 4. The predicted octanol–water partition coefficient (Wildman–Crippen LogP) is 1.40. The van der Waals surface area contributed by atoms with Crippen LogP contribution in [0.15, 0.2) is 18.2 Å². The maximum Gasteiger partial charge on any atom is 0.239 e. The topological polar surface area (TPSA) is 74.2 Å². The number of nitrogens with zero attached hydrogens (tertiary/aromatic N) is 1. The summed E-state index contributed by atoms with van der Waals surface area (Å²) >= 11 is 0. The van der Waals surface area contributed by atoms with E-state index in [1.165, 1.54) is 18.2 Å². The summed E-state index contributed by atoms with van der Waals surface area (Å²) in [6, 6.07) is 6.00. The van der Waals surface area contributed by atoms with Crippen LogP contribution >= 0.6 is 0 Å². The average molecular weight is 277 g/mol. The van der Waals surface area contributed by atoms with E-state index < -0.39 is 5.82 Å². The van der Waals surface area contributed by atoms with E-state index in [4.69, 9.17) is 10.00 Å². The lowest BCUT2D eigenvalue weighted by atomic mass is 10.1. The van der Waals surface area contributed by atoms with E-state index in [9.17, 15) is 9.18 Å². The molecule has 1 aliphatic rings. The highest BCUT2D eigenvalue weighted by molar-refractivity contribution is 5.81.